The average Bonchev–Trinajstić information content (AvgIpc) is 2.49. The van der Waals surface area contributed by atoms with E-state index in [1.54, 1.807) is 13.0 Å². The van der Waals surface area contributed by atoms with Crippen LogP contribution in [0.3, 0.4) is 0 Å². The first-order chi connectivity index (χ1) is 10.3. The van der Waals surface area contributed by atoms with Crippen LogP contribution in [0.5, 0.6) is 11.5 Å². The van der Waals surface area contributed by atoms with Gasteiger partial charge in [0.05, 0.1) is 13.0 Å². The second kappa shape index (κ2) is 10.8. The van der Waals surface area contributed by atoms with Crippen molar-refractivity contribution in [2.45, 2.75) is 52.4 Å². The van der Waals surface area contributed by atoms with Gasteiger partial charge in [0.25, 0.3) is 0 Å². The van der Waals surface area contributed by atoms with Gasteiger partial charge in [0.1, 0.15) is 0 Å². The minimum Gasteiger partial charge on any atom is -0.490 e. The predicted octanol–water partition coefficient (Wildman–Crippen LogP) is 4.35. The third-order valence-corrected chi connectivity index (χ3v) is 2.96. The number of ether oxygens (including phenoxy) is 2. The standard InChI is InChI=1S/C18H24O3/c1-3-5-7-11-15-20-16-12-9-10-13-17(16)21-18(19)14-8-6-4-2/h9-10,12-13H,3,5,7-8,11,14-15H2,1-2H3. The molecule has 3 nitrogen and oxygen atoms in total. The zero-order valence-corrected chi connectivity index (χ0v) is 13.0. The minimum atomic E-state index is -0.278. The fraction of sp³-hybridized carbons (Fsp3) is 0.500. The Hall–Kier alpha value is -1.95. The third-order valence-electron chi connectivity index (χ3n) is 2.96. The molecule has 0 spiro atoms. The zero-order chi connectivity index (χ0) is 15.3. The van der Waals surface area contributed by atoms with E-state index in [0.717, 1.165) is 12.8 Å². The highest BCUT2D eigenvalue weighted by atomic mass is 16.6. The van der Waals surface area contributed by atoms with Gasteiger partial charge in [-0.05, 0) is 25.5 Å². The normalized spacial score (nSPS) is 9.62. The fourth-order valence-corrected chi connectivity index (χ4v) is 1.83. The first-order valence-corrected chi connectivity index (χ1v) is 7.60. The van der Waals surface area contributed by atoms with Gasteiger partial charge in [0.2, 0.25) is 0 Å². The van der Waals surface area contributed by atoms with E-state index in [1.165, 1.54) is 12.8 Å². The average molecular weight is 288 g/mol. The molecule has 0 atom stereocenters. The molecule has 0 fully saturated rings. The summed E-state index contributed by atoms with van der Waals surface area (Å²) in [4.78, 5) is 11.7. The molecule has 0 unspecified atom stereocenters. The first-order valence-electron chi connectivity index (χ1n) is 7.60. The minimum absolute atomic E-state index is 0.278. The number of esters is 1. The molecule has 114 valence electrons. The number of para-hydroxylation sites is 2. The van der Waals surface area contributed by atoms with Crippen LogP contribution >= 0.6 is 0 Å². The Morgan fingerprint density at radius 2 is 1.90 bits per heavy atom. The molecule has 0 bridgehead atoms. The molecule has 3 heteroatoms. The van der Waals surface area contributed by atoms with Crippen molar-refractivity contribution in [1.82, 2.24) is 0 Å². The second-order valence-electron chi connectivity index (χ2n) is 4.76. The van der Waals surface area contributed by atoms with Crippen LogP contribution in [-0.4, -0.2) is 12.6 Å². The van der Waals surface area contributed by atoms with E-state index >= 15 is 0 Å². The Morgan fingerprint density at radius 1 is 1.14 bits per heavy atom. The molecule has 0 heterocycles. The molecule has 0 aliphatic heterocycles. The van der Waals surface area contributed by atoms with Crippen molar-refractivity contribution in [3.8, 4) is 23.3 Å². The lowest BCUT2D eigenvalue weighted by Crippen LogP contribution is -2.09. The van der Waals surface area contributed by atoms with E-state index in [4.69, 9.17) is 9.47 Å². The number of hydrogen-bond acceptors (Lipinski definition) is 3. The molecule has 0 amide bonds. The van der Waals surface area contributed by atoms with Crippen LogP contribution in [0.4, 0.5) is 0 Å². The summed E-state index contributed by atoms with van der Waals surface area (Å²) in [6.07, 6.45) is 5.42. The Bertz CT molecular complexity index is 483. The van der Waals surface area contributed by atoms with E-state index in [2.05, 4.69) is 18.8 Å². The summed E-state index contributed by atoms with van der Waals surface area (Å²) >= 11 is 0. The quantitative estimate of drug-likeness (QED) is 0.293. The molecule has 21 heavy (non-hydrogen) atoms. The van der Waals surface area contributed by atoms with Gasteiger partial charge in [-0.2, -0.15) is 0 Å². The summed E-state index contributed by atoms with van der Waals surface area (Å²) in [5.41, 5.74) is 0. The van der Waals surface area contributed by atoms with Gasteiger partial charge in [-0.15, -0.1) is 11.8 Å². The van der Waals surface area contributed by atoms with Crippen molar-refractivity contribution < 1.29 is 14.3 Å². The van der Waals surface area contributed by atoms with Crippen molar-refractivity contribution in [2.75, 3.05) is 6.61 Å². The van der Waals surface area contributed by atoms with Gasteiger partial charge in [-0.3, -0.25) is 4.79 Å². The number of carbonyl (C=O) groups is 1. The van der Waals surface area contributed by atoms with Crippen LogP contribution in [0, 0.1) is 11.8 Å². The molecule has 1 aromatic rings. The van der Waals surface area contributed by atoms with Gasteiger partial charge in [-0.1, -0.05) is 38.3 Å². The monoisotopic (exact) mass is 288 g/mol. The summed E-state index contributed by atoms with van der Waals surface area (Å²) in [6, 6.07) is 7.29. The third kappa shape index (κ3) is 7.41. The van der Waals surface area contributed by atoms with Gasteiger partial charge in [0.15, 0.2) is 11.5 Å². The van der Waals surface area contributed by atoms with Crippen LogP contribution in [0.15, 0.2) is 24.3 Å². The Morgan fingerprint density at radius 3 is 2.62 bits per heavy atom. The predicted molar refractivity (Wildman–Crippen MR) is 84.4 cm³/mol. The number of rotatable bonds is 9. The summed E-state index contributed by atoms with van der Waals surface area (Å²) in [5, 5.41) is 0. The highest BCUT2D eigenvalue weighted by Gasteiger charge is 2.09. The molecule has 0 saturated heterocycles. The molecule has 0 saturated carbocycles. The molecule has 0 aromatic heterocycles. The Kier molecular flexibility index (Phi) is 8.79. The van der Waals surface area contributed by atoms with E-state index in [1.807, 2.05) is 18.2 Å². The first kappa shape index (κ1) is 17.1. The molecule has 0 aliphatic rings. The van der Waals surface area contributed by atoms with E-state index in [-0.39, 0.29) is 5.97 Å². The van der Waals surface area contributed by atoms with Crippen molar-refractivity contribution in [3.05, 3.63) is 24.3 Å². The van der Waals surface area contributed by atoms with Crippen molar-refractivity contribution in [2.24, 2.45) is 0 Å². The van der Waals surface area contributed by atoms with Crippen molar-refractivity contribution >= 4 is 5.97 Å². The highest BCUT2D eigenvalue weighted by Crippen LogP contribution is 2.27. The van der Waals surface area contributed by atoms with Gasteiger partial charge >= 0.3 is 5.97 Å². The largest absolute Gasteiger partial charge is 0.490 e. The van der Waals surface area contributed by atoms with Crippen LogP contribution in [0.25, 0.3) is 0 Å². The SMILES string of the molecule is CC#CCCC(=O)Oc1ccccc1OCCCCCC. The smallest absolute Gasteiger partial charge is 0.312 e. The number of carbonyl (C=O) groups excluding carboxylic acids is 1. The van der Waals surface area contributed by atoms with Crippen LogP contribution in [0.1, 0.15) is 52.4 Å². The summed E-state index contributed by atoms with van der Waals surface area (Å²) < 4.78 is 11.0. The second-order valence-corrected chi connectivity index (χ2v) is 4.76. The molecule has 0 N–H and O–H groups in total. The Labute approximate surface area is 127 Å². The van der Waals surface area contributed by atoms with Crippen molar-refractivity contribution in [1.29, 1.82) is 0 Å². The maximum absolute atomic E-state index is 11.7. The molecule has 0 radical (unpaired) electrons. The highest BCUT2D eigenvalue weighted by molar-refractivity contribution is 5.73. The molecule has 1 aromatic carbocycles. The number of unbranched alkanes of at least 4 members (excludes halogenated alkanes) is 3. The summed E-state index contributed by atoms with van der Waals surface area (Å²) in [6.45, 7) is 4.58. The van der Waals surface area contributed by atoms with Crippen LogP contribution in [0.2, 0.25) is 0 Å². The van der Waals surface area contributed by atoms with Crippen LogP contribution in [-0.2, 0) is 4.79 Å². The lowest BCUT2D eigenvalue weighted by Gasteiger charge is -2.11. The Balaban J connectivity index is 2.45. The molecular weight excluding hydrogens is 264 g/mol. The van der Waals surface area contributed by atoms with E-state index in [9.17, 15) is 4.79 Å². The topological polar surface area (TPSA) is 35.5 Å². The van der Waals surface area contributed by atoms with Gasteiger partial charge < -0.3 is 9.47 Å². The zero-order valence-electron chi connectivity index (χ0n) is 13.0. The maximum Gasteiger partial charge on any atom is 0.312 e. The van der Waals surface area contributed by atoms with E-state index in [0.29, 0.717) is 30.9 Å². The van der Waals surface area contributed by atoms with E-state index < -0.39 is 0 Å². The number of benzene rings is 1. The van der Waals surface area contributed by atoms with Crippen LogP contribution < -0.4 is 9.47 Å². The molecule has 0 aliphatic carbocycles. The lowest BCUT2D eigenvalue weighted by atomic mass is 10.2. The fourth-order valence-electron chi connectivity index (χ4n) is 1.83. The summed E-state index contributed by atoms with van der Waals surface area (Å²) in [7, 11) is 0. The van der Waals surface area contributed by atoms with Gasteiger partial charge in [0, 0.05) is 6.42 Å². The maximum atomic E-state index is 11.7. The van der Waals surface area contributed by atoms with Crippen molar-refractivity contribution in [3.63, 3.8) is 0 Å². The number of hydrogen-bond donors (Lipinski definition) is 0. The lowest BCUT2D eigenvalue weighted by molar-refractivity contribution is -0.134. The molecule has 1 rings (SSSR count). The molecular formula is C18H24O3. The summed E-state index contributed by atoms with van der Waals surface area (Å²) in [5.74, 6) is 6.45. The van der Waals surface area contributed by atoms with Gasteiger partial charge in [-0.25, -0.2) is 0 Å².